The van der Waals surface area contributed by atoms with Gasteiger partial charge in [0.1, 0.15) is 6.23 Å². The maximum absolute atomic E-state index is 5.69. The van der Waals surface area contributed by atoms with Gasteiger partial charge in [-0.25, -0.2) is 0 Å². The number of hydroxylamine groups is 2. The van der Waals surface area contributed by atoms with E-state index in [0.717, 1.165) is 13.0 Å². The fourth-order valence-corrected chi connectivity index (χ4v) is 3.56. The summed E-state index contributed by atoms with van der Waals surface area (Å²) in [6.07, 6.45) is 4.61. The number of nitrogens with one attached hydrogen (secondary N) is 1. The first-order valence-electron chi connectivity index (χ1n) is 7.51. The van der Waals surface area contributed by atoms with Crippen molar-refractivity contribution in [2.24, 2.45) is 0 Å². The standard InChI is InChI=1S/C16H24N2O2/c1-19-15-11-12-7-3-4-8-13(12)16(18(15)20-2)14-9-5-6-10-17-14/h3-4,7-8,14-17H,5-6,9-11H2,1-2H3. The van der Waals surface area contributed by atoms with Crippen LogP contribution in [-0.2, 0) is 16.0 Å². The maximum atomic E-state index is 5.69. The van der Waals surface area contributed by atoms with Crippen LogP contribution < -0.4 is 5.32 Å². The van der Waals surface area contributed by atoms with Gasteiger partial charge in [0.15, 0.2) is 0 Å². The van der Waals surface area contributed by atoms with E-state index < -0.39 is 0 Å². The van der Waals surface area contributed by atoms with Crippen LogP contribution in [0, 0.1) is 0 Å². The zero-order valence-electron chi connectivity index (χ0n) is 12.3. The smallest absolute Gasteiger partial charge is 0.137 e. The average molecular weight is 276 g/mol. The quantitative estimate of drug-likeness (QED) is 0.918. The third-order valence-corrected chi connectivity index (χ3v) is 4.54. The summed E-state index contributed by atoms with van der Waals surface area (Å²) in [5.74, 6) is 0. The Balaban J connectivity index is 1.97. The molecule has 0 aromatic heterocycles. The van der Waals surface area contributed by atoms with Crippen molar-refractivity contribution in [3.63, 3.8) is 0 Å². The Bertz CT molecular complexity index is 446. The van der Waals surface area contributed by atoms with Gasteiger partial charge in [-0.2, -0.15) is 5.06 Å². The highest BCUT2D eigenvalue weighted by Gasteiger charge is 2.39. The molecular weight excluding hydrogens is 252 g/mol. The van der Waals surface area contributed by atoms with E-state index in [0.29, 0.717) is 6.04 Å². The summed E-state index contributed by atoms with van der Waals surface area (Å²) in [6.45, 7) is 1.10. The predicted molar refractivity (Wildman–Crippen MR) is 78.2 cm³/mol. The summed E-state index contributed by atoms with van der Waals surface area (Å²) in [5, 5.41) is 5.69. The highest BCUT2D eigenvalue weighted by Crippen LogP contribution is 2.37. The van der Waals surface area contributed by atoms with Crippen LogP contribution in [0.2, 0.25) is 0 Å². The van der Waals surface area contributed by atoms with Gasteiger partial charge in [0, 0.05) is 19.6 Å². The summed E-state index contributed by atoms with van der Waals surface area (Å²) in [7, 11) is 3.51. The molecule has 2 aliphatic heterocycles. The van der Waals surface area contributed by atoms with E-state index >= 15 is 0 Å². The molecule has 20 heavy (non-hydrogen) atoms. The Labute approximate surface area is 121 Å². The molecular formula is C16H24N2O2. The molecule has 0 bridgehead atoms. The van der Waals surface area contributed by atoms with Gasteiger partial charge in [-0.1, -0.05) is 30.7 Å². The van der Waals surface area contributed by atoms with Gasteiger partial charge < -0.3 is 10.1 Å². The first-order valence-corrected chi connectivity index (χ1v) is 7.51. The molecule has 0 amide bonds. The first-order chi connectivity index (χ1) is 9.85. The number of hydrogen-bond donors (Lipinski definition) is 1. The summed E-state index contributed by atoms with van der Waals surface area (Å²) >= 11 is 0. The van der Waals surface area contributed by atoms with Gasteiger partial charge in [-0.15, -0.1) is 0 Å². The van der Waals surface area contributed by atoms with Crippen LogP contribution in [-0.4, -0.2) is 38.1 Å². The fourth-order valence-electron chi connectivity index (χ4n) is 3.56. The molecule has 0 radical (unpaired) electrons. The van der Waals surface area contributed by atoms with Gasteiger partial charge in [0.05, 0.1) is 13.2 Å². The topological polar surface area (TPSA) is 33.7 Å². The zero-order valence-corrected chi connectivity index (χ0v) is 12.3. The minimum atomic E-state index is -0.0105. The van der Waals surface area contributed by atoms with Crippen LogP contribution in [0.1, 0.15) is 36.4 Å². The lowest BCUT2D eigenvalue weighted by Gasteiger charge is -2.45. The number of methoxy groups -OCH3 is 1. The molecule has 1 fully saturated rings. The normalized spacial score (nSPS) is 31.0. The highest BCUT2D eigenvalue weighted by molar-refractivity contribution is 5.34. The van der Waals surface area contributed by atoms with Gasteiger partial charge in [0.25, 0.3) is 0 Å². The molecule has 3 unspecified atom stereocenters. The number of rotatable bonds is 3. The van der Waals surface area contributed by atoms with Crippen molar-refractivity contribution >= 4 is 0 Å². The Kier molecular flexibility index (Phi) is 4.36. The van der Waals surface area contributed by atoms with Crippen molar-refractivity contribution in [3.8, 4) is 0 Å². The SMILES string of the molecule is COC1Cc2ccccc2C(C2CCCCN2)N1OC. The van der Waals surface area contributed by atoms with Gasteiger partial charge in [-0.05, 0) is 30.5 Å². The molecule has 0 aliphatic carbocycles. The molecule has 1 saturated heterocycles. The van der Waals surface area contributed by atoms with Crippen LogP contribution in [0.5, 0.6) is 0 Å². The Morgan fingerprint density at radius 3 is 2.75 bits per heavy atom. The Morgan fingerprint density at radius 2 is 2.05 bits per heavy atom. The van der Waals surface area contributed by atoms with Crippen LogP contribution in [0.25, 0.3) is 0 Å². The highest BCUT2D eigenvalue weighted by atomic mass is 16.7. The Morgan fingerprint density at radius 1 is 1.20 bits per heavy atom. The molecule has 1 N–H and O–H groups in total. The van der Waals surface area contributed by atoms with E-state index in [2.05, 4.69) is 29.6 Å². The van der Waals surface area contributed by atoms with Gasteiger partial charge in [-0.3, -0.25) is 4.84 Å². The zero-order chi connectivity index (χ0) is 13.9. The van der Waals surface area contributed by atoms with E-state index in [4.69, 9.17) is 9.57 Å². The van der Waals surface area contributed by atoms with Crippen LogP contribution in [0.3, 0.4) is 0 Å². The number of ether oxygens (including phenoxy) is 1. The molecule has 3 rings (SSSR count). The summed E-state index contributed by atoms with van der Waals surface area (Å²) in [4.78, 5) is 5.69. The van der Waals surface area contributed by atoms with Crippen molar-refractivity contribution in [1.29, 1.82) is 0 Å². The first kappa shape index (κ1) is 14.0. The lowest BCUT2D eigenvalue weighted by atomic mass is 9.85. The molecule has 0 spiro atoms. The van der Waals surface area contributed by atoms with Crippen molar-refractivity contribution in [1.82, 2.24) is 10.4 Å². The van der Waals surface area contributed by atoms with Crippen molar-refractivity contribution in [2.75, 3.05) is 20.8 Å². The van der Waals surface area contributed by atoms with Gasteiger partial charge in [0.2, 0.25) is 0 Å². The largest absolute Gasteiger partial charge is 0.364 e. The molecule has 3 atom stereocenters. The molecule has 1 aromatic rings. The lowest BCUT2D eigenvalue weighted by Crippen LogP contribution is -2.52. The second-order valence-electron chi connectivity index (χ2n) is 5.64. The number of piperidine rings is 1. The molecule has 2 heterocycles. The van der Waals surface area contributed by atoms with Crippen LogP contribution in [0.4, 0.5) is 0 Å². The minimum absolute atomic E-state index is 0.0105. The summed E-state index contributed by atoms with van der Waals surface area (Å²) in [6, 6.07) is 9.34. The number of nitrogens with zero attached hydrogens (tertiary/aromatic N) is 1. The van der Waals surface area contributed by atoms with Crippen molar-refractivity contribution < 1.29 is 9.57 Å². The molecule has 0 saturated carbocycles. The van der Waals surface area contributed by atoms with Gasteiger partial charge >= 0.3 is 0 Å². The van der Waals surface area contributed by atoms with E-state index in [1.54, 1.807) is 14.2 Å². The number of fused-ring (bicyclic) bond motifs is 1. The van der Waals surface area contributed by atoms with Crippen LogP contribution >= 0.6 is 0 Å². The minimum Gasteiger partial charge on any atom is -0.364 e. The Hall–Kier alpha value is -0.940. The molecule has 2 aliphatic rings. The van der Waals surface area contributed by atoms with E-state index in [9.17, 15) is 0 Å². The van der Waals surface area contributed by atoms with Crippen LogP contribution in [0.15, 0.2) is 24.3 Å². The summed E-state index contributed by atoms with van der Waals surface area (Å²) in [5.41, 5.74) is 2.76. The average Bonchev–Trinajstić information content (AvgIpc) is 2.53. The number of benzene rings is 1. The monoisotopic (exact) mass is 276 g/mol. The predicted octanol–water partition coefficient (Wildman–Crippen LogP) is 2.26. The lowest BCUT2D eigenvalue weighted by molar-refractivity contribution is -0.264. The fraction of sp³-hybridized carbons (Fsp3) is 0.625. The summed E-state index contributed by atoms with van der Waals surface area (Å²) < 4.78 is 5.65. The third-order valence-electron chi connectivity index (χ3n) is 4.54. The van der Waals surface area contributed by atoms with E-state index in [1.807, 2.05) is 5.06 Å². The molecule has 110 valence electrons. The number of hydrogen-bond acceptors (Lipinski definition) is 4. The second-order valence-corrected chi connectivity index (χ2v) is 5.64. The molecule has 4 heteroatoms. The molecule has 1 aromatic carbocycles. The van der Waals surface area contributed by atoms with E-state index in [1.165, 1.54) is 30.4 Å². The third kappa shape index (κ3) is 2.49. The maximum Gasteiger partial charge on any atom is 0.137 e. The van der Waals surface area contributed by atoms with Crippen molar-refractivity contribution in [2.45, 2.75) is 44.0 Å². The second kappa shape index (κ2) is 6.22. The van der Waals surface area contributed by atoms with E-state index in [-0.39, 0.29) is 12.3 Å². The van der Waals surface area contributed by atoms with Crippen molar-refractivity contribution in [3.05, 3.63) is 35.4 Å². The molecule has 4 nitrogen and oxygen atoms in total.